The first kappa shape index (κ1) is 17.4. The van der Waals surface area contributed by atoms with Crippen molar-refractivity contribution in [1.29, 1.82) is 0 Å². The predicted octanol–water partition coefficient (Wildman–Crippen LogP) is 12.6. The van der Waals surface area contributed by atoms with E-state index < -0.39 is 6.04 Å². The van der Waals surface area contributed by atoms with Gasteiger partial charge in [-0.3, -0.25) is 0 Å². The van der Waals surface area contributed by atoms with Gasteiger partial charge >= 0.3 is 0 Å². The molecule has 0 N–H and O–H groups in total. The summed E-state index contributed by atoms with van der Waals surface area (Å²) < 4.78 is 97.7. The van der Waals surface area contributed by atoms with Crippen LogP contribution in [0.2, 0.25) is 0 Å². The molecule has 0 aliphatic rings. The quantitative estimate of drug-likeness (QED) is 0.188. The van der Waals surface area contributed by atoms with Crippen LogP contribution in [0.25, 0.3) is 88.0 Å². The fraction of sp³-hybridized carbons (Fsp3) is 0. The molecule has 1 heteroatoms. The minimum absolute atomic E-state index is 0.0778. The highest BCUT2D eigenvalue weighted by atomic mass is 16.3. The molecular formula is C44H28O. The molecule has 0 spiro atoms. The maximum Gasteiger partial charge on any atom is 0.136 e. The third kappa shape index (κ3) is 4.17. The summed E-state index contributed by atoms with van der Waals surface area (Å²) in [5.74, 6) is 0. The Morgan fingerprint density at radius 1 is 0.378 bits per heavy atom. The van der Waals surface area contributed by atoms with E-state index in [0.29, 0.717) is 43.8 Å². The van der Waals surface area contributed by atoms with Gasteiger partial charge in [0, 0.05) is 10.8 Å². The van der Waals surface area contributed by atoms with Gasteiger partial charge in [0.1, 0.15) is 11.2 Å². The number of fused-ring (bicyclic) bond motifs is 5. The monoisotopic (exact) mass is 582 g/mol. The van der Waals surface area contributed by atoms with Crippen molar-refractivity contribution in [1.82, 2.24) is 0 Å². The summed E-state index contributed by atoms with van der Waals surface area (Å²) >= 11 is 0. The summed E-state index contributed by atoms with van der Waals surface area (Å²) in [4.78, 5) is 0. The summed E-state index contributed by atoms with van der Waals surface area (Å²) in [6, 6.07) is 29.9. The largest absolute Gasteiger partial charge is 0.456 e. The van der Waals surface area contributed by atoms with Crippen molar-refractivity contribution in [3.63, 3.8) is 0 Å². The standard InChI is InChI=1S/C44H28O/c1-3-12-29(13-4-1)31-22-24-32(25-23-31)42-34-16-7-9-18-36(34)43(37-19-10-8-17-35(37)42)38-20-11-21-41-44(38)39-28-33(26-27-40(39)45-41)30-14-5-2-6-15-30/h1-28H/i11D,20D,21D,22D,23D,24D,25D,26D,27D,28D. The second-order valence-corrected chi connectivity index (χ2v) is 10.8. The maximum atomic E-state index is 9.50. The molecule has 0 atom stereocenters. The SMILES string of the molecule is [2H]c1c([2H])c(-c2c3ccccc3c(-c3c([2H])c([2H])c([2H])c4oc5c([2H])c([2H])c(-c6ccccc6)c([2H])c5c34)c3ccccc23)c([2H])c([2H])c1-c1ccccc1. The molecule has 0 aliphatic carbocycles. The molecule has 1 heterocycles. The molecule has 0 unspecified atom stereocenters. The van der Waals surface area contributed by atoms with Crippen molar-refractivity contribution in [3.05, 3.63) is 170 Å². The summed E-state index contributed by atoms with van der Waals surface area (Å²) in [6.45, 7) is 0. The van der Waals surface area contributed by atoms with Gasteiger partial charge < -0.3 is 4.42 Å². The normalized spacial score (nSPS) is 14.7. The molecule has 0 amide bonds. The van der Waals surface area contributed by atoms with Gasteiger partial charge in [-0.1, -0.05) is 151 Å². The van der Waals surface area contributed by atoms with Gasteiger partial charge in [-0.05, 0) is 84.2 Å². The average molecular weight is 583 g/mol. The van der Waals surface area contributed by atoms with Crippen LogP contribution in [0, 0.1) is 0 Å². The Bertz CT molecular complexity index is 3000. The molecule has 9 rings (SSSR count). The number of hydrogen-bond donors (Lipinski definition) is 0. The van der Waals surface area contributed by atoms with Crippen LogP contribution < -0.4 is 0 Å². The molecule has 210 valence electrons. The Morgan fingerprint density at radius 3 is 1.51 bits per heavy atom. The minimum atomic E-state index is -0.415. The lowest BCUT2D eigenvalue weighted by molar-refractivity contribution is 0.669. The van der Waals surface area contributed by atoms with Gasteiger partial charge in [0.05, 0.1) is 13.7 Å². The van der Waals surface area contributed by atoms with E-state index in [4.69, 9.17) is 12.6 Å². The first-order valence-electron chi connectivity index (χ1n) is 19.6. The van der Waals surface area contributed by atoms with E-state index in [1.807, 2.05) is 60.7 Å². The van der Waals surface area contributed by atoms with Crippen molar-refractivity contribution in [2.24, 2.45) is 0 Å². The highest BCUT2D eigenvalue weighted by Crippen LogP contribution is 2.47. The zero-order chi connectivity index (χ0) is 38.4. The van der Waals surface area contributed by atoms with Gasteiger partial charge in [0.25, 0.3) is 0 Å². The first-order chi connectivity index (χ1) is 26.5. The predicted molar refractivity (Wildman–Crippen MR) is 190 cm³/mol. The lowest BCUT2D eigenvalue weighted by Gasteiger charge is -2.18. The highest BCUT2D eigenvalue weighted by Gasteiger charge is 2.20. The molecule has 0 aliphatic heterocycles. The van der Waals surface area contributed by atoms with E-state index in [0.717, 1.165) is 0 Å². The summed E-state index contributed by atoms with van der Waals surface area (Å²) in [7, 11) is 0. The molecular weight excluding hydrogens is 544 g/mol. The average Bonchev–Trinajstić information content (AvgIpc) is 3.61. The van der Waals surface area contributed by atoms with Gasteiger partial charge in [-0.15, -0.1) is 0 Å². The third-order valence-corrected chi connectivity index (χ3v) is 8.25. The van der Waals surface area contributed by atoms with Gasteiger partial charge in [-0.25, -0.2) is 0 Å². The van der Waals surface area contributed by atoms with Crippen molar-refractivity contribution < 1.29 is 18.1 Å². The molecule has 1 nitrogen and oxygen atoms in total. The first-order valence-corrected chi connectivity index (χ1v) is 14.6. The zero-order valence-corrected chi connectivity index (χ0v) is 23.8. The molecule has 9 aromatic rings. The number of rotatable bonds is 4. The molecule has 1 aromatic heterocycles. The molecule has 0 saturated heterocycles. The Labute approximate surface area is 275 Å². The topological polar surface area (TPSA) is 13.1 Å². The summed E-state index contributed by atoms with van der Waals surface area (Å²) in [5.41, 5.74) is 2.63. The lowest BCUT2D eigenvalue weighted by Crippen LogP contribution is -1.91. The van der Waals surface area contributed by atoms with E-state index in [9.17, 15) is 5.48 Å². The highest BCUT2D eigenvalue weighted by molar-refractivity contribution is 6.25. The van der Waals surface area contributed by atoms with Gasteiger partial charge in [0.15, 0.2) is 0 Å². The lowest BCUT2D eigenvalue weighted by atomic mass is 9.84. The van der Waals surface area contributed by atoms with Crippen molar-refractivity contribution in [2.75, 3.05) is 0 Å². The van der Waals surface area contributed by atoms with Crippen molar-refractivity contribution in [2.45, 2.75) is 0 Å². The van der Waals surface area contributed by atoms with Gasteiger partial charge in [0.2, 0.25) is 0 Å². The molecule has 45 heavy (non-hydrogen) atoms. The Balaban J connectivity index is 1.46. The van der Waals surface area contributed by atoms with Crippen LogP contribution in [0.5, 0.6) is 0 Å². The van der Waals surface area contributed by atoms with Gasteiger partial charge in [-0.2, -0.15) is 0 Å². The van der Waals surface area contributed by atoms with Crippen LogP contribution >= 0.6 is 0 Å². The molecule has 0 fully saturated rings. The van der Waals surface area contributed by atoms with Crippen LogP contribution in [0.4, 0.5) is 0 Å². The second-order valence-electron chi connectivity index (χ2n) is 10.8. The molecule has 8 aromatic carbocycles. The van der Waals surface area contributed by atoms with Crippen LogP contribution in [0.15, 0.2) is 174 Å². The van der Waals surface area contributed by atoms with E-state index in [1.165, 1.54) is 0 Å². The van der Waals surface area contributed by atoms with Crippen LogP contribution in [-0.4, -0.2) is 0 Å². The van der Waals surface area contributed by atoms with E-state index in [-0.39, 0.29) is 98.6 Å². The van der Waals surface area contributed by atoms with E-state index in [2.05, 4.69) is 0 Å². The molecule has 0 radical (unpaired) electrons. The van der Waals surface area contributed by atoms with Crippen molar-refractivity contribution in [3.8, 4) is 44.5 Å². The van der Waals surface area contributed by atoms with Crippen LogP contribution in [0.1, 0.15) is 13.7 Å². The summed E-state index contributed by atoms with van der Waals surface area (Å²) in [5, 5.41) is 2.63. The fourth-order valence-electron chi connectivity index (χ4n) is 6.24. The third-order valence-electron chi connectivity index (χ3n) is 8.25. The van der Waals surface area contributed by atoms with E-state index >= 15 is 0 Å². The Morgan fingerprint density at radius 2 is 0.889 bits per heavy atom. The minimum Gasteiger partial charge on any atom is -0.456 e. The van der Waals surface area contributed by atoms with E-state index in [1.54, 1.807) is 48.5 Å². The zero-order valence-electron chi connectivity index (χ0n) is 33.8. The fourth-order valence-corrected chi connectivity index (χ4v) is 6.24. The number of benzene rings is 8. The van der Waals surface area contributed by atoms with Crippen molar-refractivity contribution >= 4 is 43.5 Å². The Hall–Kier alpha value is -5.92. The molecule has 0 saturated carbocycles. The second kappa shape index (κ2) is 10.4. The molecule has 0 bridgehead atoms. The number of furan rings is 1. The number of hydrogen-bond acceptors (Lipinski definition) is 1. The summed E-state index contributed by atoms with van der Waals surface area (Å²) in [6.07, 6.45) is 0. The smallest absolute Gasteiger partial charge is 0.136 e. The van der Waals surface area contributed by atoms with Crippen LogP contribution in [0.3, 0.4) is 0 Å². The van der Waals surface area contributed by atoms with Crippen LogP contribution in [-0.2, 0) is 0 Å². The maximum absolute atomic E-state index is 9.50. The Kier molecular flexibility index (Phi) is 4.01.